The molecule has 24 heavy (non-hydrogen) atoms. The van der Waals surface area contributed by atoms with Crippen LogP contribution in [0.2, 0.25) is 0 Å². The van der Waals surface area contributed by atoms with Gasteiger partial charge in [-0.3, -0.25) is 4.79 Å². The minimum Gasteiger partial charge on any atom is -0.464 e. The molecule has 0 unspecified atom stereocenters. The third-order valence-corrected chi connectivity index (χ3v) is 5.31. The first-order chi connectivity index (χ1) is 11.8. The molecular weight excluding hydrogens is 320 g/mol. The van der Waals surface area contributed by atoms with Crippen LogP contribution >= 0.6 is 11.9 Å². The van der Waals surface area contributed by atoms with Crippen LogP contribution in [0.3, 0.4) is 0 Å². The van der Waals surface area contributed by atoms with Gasteiger partial charge in [-0.1, -0.05) is 0 Å². The first kappa shape index (κ1) is 15.1. The topological polar surface area (TPSA) is 45.5 Å². The van der Waals surface area contributed by atoms with Crippen molar-refractivity contribution in [1.29, 1.82) is 0 Å². The molecule has 1 aliphatic heterocycles. The number of furan rings is 1. The SMILES string of the molecule is O=C(Nc1ccc2occc2c1)c1ccc(N2CCCCS2)cc1. The lowest BCUT2D eigenvalue weighted by atomic mass is 10.1. The molecule has 1 N–H and O–H groups in total. The van der Waals surface area contributed by atoms with E-state index in [-0.39, 0.29) is 5.91 Å². The van der Waals surface area contributed by atoms with Crippen LogP contribution in [0.25, 0.3) is 11.0 Å². The highest BCUT2D eigenvalue weighted by Crippen LogP contribution is 2.28. The van der Waals surface area contributed by atoms with E-state index < -0.39 is 0 Å². The highest BCUT2D eigenvalue weighted by molar-refractivity contribution is 8.00. The minimum absolute atomic E-state index is 0.101. The molecule has 1 saturated heterocycles. The van der Waals surface area contributed by atoms with Gasteiger partial charge in [-0.25, -0.2) is 0 Å². The third-order valence-electron chi connectivity index (χ3n) is 4.13. The van der Waals surface area contributed by atoms with E-state index in [1.807, 2.05) is 60.5 Å². The first-order valence-electron chi connectivity index (χ1n) is 8.09. The number of amides is 1. The average molecular weight is 338 g/mol. The van der Waals surface area contributed by atoms with E-state index in [0.29, 0.717) is 5.56 Å². The Labute approximate surface area is 145 Å². The summed E-state index contributed by atoms with van der Waals surface area (Å²) in [5, 5.41) is 3.92. The van der Waals surface area contributed by atoms with Crippen LogP contribution in [0.1, 0.15) is 23.2 Å². The zero-order chi connectivity index (χ0) is 16.4. The largest absolute Gasteiger partial charge is 0.464 e. The van der Waals surface area contributed by atoms with Gasteiger partial charge in [0.25, 0.3) is 5.91 Å². The zero-order valence-electron chi connectivity index (χ0n) is 13.2. The van der Waals surface area contributed by atoms with Crippen LogP contribution in [-0.2, 0) is 0 Å². The molecule has 122 valence electrons. The highest BCUT2D eigenvalue weighted by atomic mass is 32.2. The molecule has 2 aromatic carbocycles. The van der Waals surface area contributed by atoms with Gasteiger partial charge in [0.2, 0.25) is 0 Å². The molecule has 0 aliphatic carbocycles. The predicted octanol–water partition coefficient (Wildman–Crippen LogP) is 4.93. The monoisotopic (exact) mass is 338 g/mol. The van der Waals surface area contributed by atoms with Crippen molar-refractivity contribution in [3.63, 3.8) is 0 Å². The smallest absolute Gasteiger partial charge is 0.255 e. The first-order valence-corrected chi connectivity index (χ1v) is 9.03. The lowest BCUT2D eigenvalue weighted by Crippen LogP contribution is -2.21. The van der Waals surface area contributed by atoms with E-state index in [1.165, 1.54) is 18.6 Å². The second kappa shape index (κ2) is 6.61. The second-order valence-electron chi connectivity index (χ2n) is 5.82. The Hall–Kier alpha value is -2.40. The molecule has 4 rings (SSSR count). The van der Waals surface area contributed by atoms with Crippen LogP contribution in [0.15, 0.2) is 59.2 Å². The van der Waals surface area contributed by atoms with Crippen molar-refractivity contribution in [2.45, 2.75) is 12.8 Å². The van der Waals surface area contributed by atoms with E-state index in [0.717, 1.165) is 28.9 Å². The van der Waals surface area contributed by atoms with Gasteiger partial charge < -0.3 is 14.0 Å². The number of rotatable bonds is 3. The molecule has 0 atom stereocenters. The number of carbonyl (C=O) groups is 1. The molecule has 3 aromatic rings. The predicted molar refractivity (Wildman–Crippen MR) is 99.6 cm³/mol. The summed E-state index contributed by atoms with van der Waals surface area (Å²) in [6, 6.07) is 15.3. The maximum Gasteiger partial charge on any atom is 0.255 e. The lowest BCUT2D eigenvalue weighted by Gasteiger charge is -2.27. The fraction of sp³-hybridized carbons (Fsp3) is 0.211. The summed E-state index contributed by atoms with van der Waals surface area (Å²) in [6.07, 6.45) is 4.15. The Balaban J connectivity index is 1.47. The van der Waals surface area contributed by atoms with Crippen LogP contribution in [0.5, 0.6) is 0 Å². The van der Waals surface area contributed by atoms with Crippen molar-refractivity contribution < 1.29 is 9.21 Å². The van der Waals surface area contributed by atoms with Crippen molar-refractivity contribution in [1.82, 2.24) is 0 Å². The van der Waals surface area contributed by atoms with Crippen molar-refractivity contribution in [2.24, 2.45) is 0 Å². The van der Waals surface area contributed by atoms with Crippen LogP contribution in [0.4, 0.5) is 11.4 Å². The van der Waals surface area contributed by atoms with Gasteiger partial charge >= 0.3 is 0 Å². The fourth-order valence-electron chi connectivity index (χ4n) is 2.83. The molecule has 2 heterocycles. The van der Waals surface area contributed by atoms with E-state index in [4.69, 9.17) is 4.42 Å². The maximum atomic E-state index is 12.4. The Morgan fingerprint density at radius 2 is 1.96 bits per heavy atom. The standard InChI is InChI=1S/C19H18N2O2S/c22-19(20-16-5-8-18-15(13-16)9-11-23-18)14-3-6-17(7-4-14)21-10-1-2-12-24-21/h3-9,11,13H,1-2,10,12H2,(H,20,22). The zero-order valence-corrected chi connectivity index (χ0v) is 14.0. The molecule has 1 aromatic heterocycles. The van der Waals surface area contributed by atoms with E-state index in [2.05, 4.69) is 9.62 Å². The van der Waals surface area contributed by atoms with E-state index in [9.17, 15) is 4.79 Å². The quantitative estimate of drug-likeness (QED) is 0.688. The normalized spacial score (nSPS) is 14.8. The summed E-state index contributed by atoms with van der Waals surface area (Å²) < 4.78 is 7.62. The molecule has 0 saturated carbocycles. The molecule has 1 aliphatic rings. The second-order valence-corrected chi connectivity index (χ2v) is 6.92. The van der Waals surface area contributed by atoms with Gasteiger partial charge in [-0.15, -0.1) is 0 Å². The maximum absolute atomic E-state index is 12.4. The summed E-state index contributed by atoms with van der Waals surface area (Å²) >= 11 is 1.86. The van der Waals surface area contributed by atoms with E-state index >= 15 is 0 Å². The molecule has 0 bridgehead atoms. The summed E-state index contributed by atoms with van der Waals surface area (Å²) in [7, 11) is 0. The van der Waals surface area contributed by atoms with Gasteiger partial charge in [0.05, 0.1) is 6.26 Å². The number of hydrogen-bond acceptors (Lipinski definition) is 4. The summed E-state index contributed by atoms with van der Waals surface area (Å²) in [5.41, 5.74) is 3.41. The number of nitrogens with one attached hydrogen (secondary N) is 1. The highest BCUT2D eigenvalue weighted by Gasteiger charge is 2.13. The molecule has 1 fully saturated rings. The molecule has 0 spiro atoms. The lowest BCUT2D eigenvalue weighted by molar-refractivity contribution is 0.102. The Morgan fingerprint density at radius 1 is 1.08 bits per heavy atom. The van der Waals surface area contributed by atoms with Crippen molar-refractivity contribution in [3.8, 4) is 0 Å². The summed E-state index contributed by atoms with van der Waals surface area (Å²) in [4.78, 5) is 12.4. The van der Waals surface area contributed by atoms with Crippen LogP contribution < -0.4 is 9.62 Å². The third kappa shape index (κ3) is 3.12. The molecule has 1 amide bonds. The average Bonchev–Trinajstić information content (AvgIpc) is 3.10. The van der Waals surface area contributed by atoms with Crippen molar-refractivity contribution in [3.05, 3.63) is 60.4 Å². The van der Waals surface area contributed by atoms with E-state index in [1.54, 1.807) is 6.26 Å². The van der Waals surface area contributed by atoms with Gasteiger partial charge in [0.1, 0.15) is 5.58 Å². The Morgan fingerprint density at radius 3 is 2.75 bits per heavy atom. The number of anilines is 2. The molecular formula is C19H18N2O2S. The molecule has 0 radical (unpaired) electrons. The van der Waals surface area contributed by atoms with Crippen molar-refractivity contribution >= 4 is 40.2 Å². The minimum atomic E-state index is -0.101. The number of hydrogen-bond donors (Lipinski definition) is 1. The summed E-state index contributed by atoms with van der Waals surface area (Å²) in [6.45, 7) is 1.07. The molecule has 4 nitrogen and oxygen atoms in total. The number of fused-ring (bicyclic) bond motifs is 1. The number of benzene rings is 2. The van der Waals surface area contributed by atoms with Gasteiger partial charge in [-0.2, -0.15) is 0 Å². The fourth-order valence-corrected chi connectivity index (χ4v) is 3.91. The van der Waals surface area contributed by atoms with Gasteiger partial charge in [0, 0.05) is 34.6 Å². The Bertz CT molecular complexity index is 851. The van der Waals surface area contributed by atoms with Gasteiger partial charge in [0.15, 0.2) is 0 Å². The van der Waals surface area contributed by atoms with Gasteiger partial charge in [-0.05, 0) is 73.3 Å². The molecule has 5 heteroatoms. The Kier molecular flexibility index (Phi) is 4.17. The van der Waals surface area contributed by atoms with Crippen LogP contribution in [-0.4, -0.2) is 18.2 Å². The van der Waals surface area contributed by atoms with Crippen LogP contribution in [0, 0.1) is 0 Å². The number of carbonyl (C=O) groups excluding carboxylic acids is 1. The number of nitrogens with zero attached hydrogens (tertiary/aromatic N) is 1. The summed E-state index contributed by atoms with van der Waals surface area (Å²) in [5.74, 6) is 1.06. The van der Waals surface area contributed by atoms with Crippen molar-refractivity contribution in [2.75, 3.05) is 21.9 Å².